The lowest BCUT2D eigenvalue weighted by molar-refractivity contribution is -0.138. The summed E-state index contributed by atoms with van der Waals surface area (Å²) in [5, 5.41) is 0. The number of amides is 2. The second kappa shape index (κ2) is 8.27. The van der Waals surface area contributed by atoms with Crippen LogP contribution in [0.4, 0.5) is 5.69 Å². The molecule has 0 N–H and O–H groups in total. The molecule has 0 saturated carbocycles. The van der Waals surface area contributed by atoms with E-state index in [2.05, 4.69) is 49.1 Å². The Morgan fingerprint density at radius 3 is 2.41 bits per heavy atom. The molecular formula is C24H29N3O2. The lowest BCUT2D eigenvalue weighted by atomic mass is 9.99. The Bertz CT molecular complexity index is 888. The Balaban J connectivity index is 1.31. The van der Waals surface area contributed by atoms with Gasteiger partial charge in [0.15, 0.2) is 0 Å². The molecule has 2 aromatic rings. The van der Waals surface area contributed by atoms with Crippen molar-refractivity contribution in [1.82, 2.24) is 9.80 Å². The fraction of sp³-hybridized carbons (Fsp3) is 0.417. The molecular weight excluding hydrogens is 362 g/mol. The van der Waals surface area contributed by atoms with Crippen LogP contribution >= 0.6 is 0 Å². The summed E-state index contributed by atoms with van der Waals surface area (Å²) in [6.07, 6.45) is 0.498. The van der Waals surface area contributed by atoms with Crippen LogP contribution in [0, 0.1) is 13.8 Å². The van der Waals surface area contributed by atoms with E-state index in [9.17, 15) is 9.59 Å². The van der Waals surface area contributed by atoms with Gasteiger partial charge >= 0.3 is 0 Å². The molecule has 0 unspecified atom stereocenters. The van der Waals surface area contributed by atoms with Crippen molar-refractivity contribution in [2.75, 3.05) is 44.2 Å². The third-order valence-electron chi connectivity index (χ3n) is 6.14. The highest BCUT2D eigenvalue weighted by atomic mass is 16.2. The largest absolute Gasteiger partial charge is 0.368 e. The number of carbonyl (C=O) groups is 2. The first kappa shape index (κ1) is 19.5. The van der Waals surface area contributed by atoms with Crippen molar-refractivity contribution in [3.05, 3.63) is 65.2 Å². The molecule has 4 rings (SSSR count). The molecule has 2 heterocycles. The fourth-order valence-electron chi connectivity index (χ4n) is 4.49. The van der Waals surface area contributed by atoms with Crippen molar-refractivity contribution in [2.45, 2.75) is 26.2 Å². The van der Waals surface area contributed by atoms with E-state index in [1.807, 2.05) is 23.1 Å². The van der Waals surface area contributed by atoms with Crippen molar-refractivity contribution in [3.63, 3.8) is 0 Å². The van der Waals surface area contributed by atoms with E-state index in [-0.39, 0.29) is 24.3 Å². The Morgan fingerprint density at radius 1 is 1.00 bits per heavy atom. The number of carbonyl (C=O) groups excluding carboxylic acids is 2. The molecule has 2 aromatic carbocycles. The number of piperazine rings is 1. The summed E-state index contributed by atoms with van der Waals surface area (Å²) in [5.41, 5.74) is 4.98. The van der Waals surface area contributed by atoms with Gasteiger partial charge in [-0.25, -0.2) is 0 Å². The Labute approximate surface area is 172 Å². The minimum Gasteiger partial charge on any atom is -0.368 e. The predicted octanol–water partition coefficient (Wildman–Crippen LogP) is 2.97. The van der Waals surface area contributed by atoms with E-state index in [0.717, 1.165) is 13.1 Å². The highest BCUT2D eigenvalue weighted by Gasteiger charge is 2.33. The number of benzene rings is 2. The molecule has 5 heteroatoms. The van der Waals surface area contributed by atoms with E-state index >= 15 is 0 Å². The van der Waals surface area contributed by atoms with Crippen molar-refractivity contribution >= 4 is 17.5 Å². The molecule has 2 aliphatic heterocycles. The Kier molecular flexibility index (Phi) is 5.56. The molecule has 2 saturated heterocycles. The zero-order valence-corrected chi connectivity index (χ0v) is 17.3. The van der Waals surface area contributed by atoms with Crippen molar-refractivity contribution in [2.24, 2.45) is 0 Å². The normalized spacial score (nSPS) is 19.7. The van der Waals surface area contributed by atoms with E-state index in [0.29, 0.717) is 26.1 Å². The maximum absolute atomic E-state index is 12.8. The smallest absolute Gasteiger partial charge is 0.242 e. The summed E-state index contributed by atoms with van der Waals surface area (Å²) >= 11 is 0. The van der Waals surface area contributed by atoms with Gasteiger partial charge in [-0.15, -0.1) is 0 Å². The third kappa shape index (κ3) is 4.29. The molecule has 2 aliphatic rings. The van der Waals surface area contributed by atoms with Gasteiger partial charge < -0.3 is 14.7 Å². The molecule has 0 radical (unpaired) electrons. The number of aryl methyl sites for hydroxylation is 2. The SMILES string of the molecule is Cc1ccc(N2CCN(C(=O)CN3C[C@H](c4ccccc4)CC3=O)CC2)c(C)c1. The summed E-state index contributed by atoms with van der Waals surface area (Å²) in [5.74, 6) is 0.339. The predicted molar refractivity (Wildman–Crippen MR) is 115 cm³/mol. The summed E-state index contributed by atoms with van der Waals surface area (Å²) in [7, 11) is 0. The van der Waals surface area contributed by atoms with Gasteiger partial charge in [-0.3, -0.25) is 9.59 Å². The van der Waals surface area contributed by atoms with Crippen LogP contribution in [0.25, 0.3) is 0 Å². The molecule has 5 nitrogen and oxygen atoms in total. The second-order valence-electron chi connectivity index (χ2n) is 8.24. The third-order valence-corrected chi connectivity index (χ3v) is 6.14. The van der Waals surface area contributed by atoms with Crippen molar-refractivity contribution in [3.8, 4) is 0 Å². The lowest BCUT2D eigenvalue weighted by Crippen LogP contribution is -2.51. The molecule has 0 bridgehead atoms. The number of rotatable bonds is 4. The average Bonchev–Trinajstić information content (AvgIpc) is 3.09. The van der Waals surface area contributed by atoms with Gasteiger partial charge in [-0.05, 0) is 31.0 Å². The van der Waals surface area contributed by atoms with Crippen LogP contribution in [-0.2, 0) is 9.59 Å². The molecule has 152 valence electrons. The highest BCUT2D eigenvalue weighted by molar-refractivity contribution is 5.86. The van der Waals surface area contributed by atoms with Crippen molar-refractivity contribution < 1.29 is 9.59 Å². The second-order valence-corrected chi connectivity index (χ2v) is 8.24. The van der Waals surface area contributed by atoms with Gasteiger partial charge in [0.2, 0.25) is 11.8 Å². The van der Waals surface area contributed by atoms with E-state index in [4.69, 9.17) is 0 Å². The van der Waals surface area contributed by atoms with Gasteiger partial charge in [-0.1, -0.05) is 48.0 Å². The van der Waals surface area contributed by atoms with E-state index in [1.54, 1.807) is 4.90 Å². The van der Waals surface area contributed by atoms with Gasteiger partial charge in [0.25, 0.3) is 0 Å². The summed E-state index contributed by atoms with van der Waals surface area (Å²) < 4.78 is 0. The lowest BCUT2D eigenvalue weighted by Gasteiger charge is -2.37. The standard InChI is InChI=1S/C24H29N3O2/c1-18-8-9-22(19(2)14-18)25-10-12-26(13-11-25)24(29)17-27-16-21(15-23(27)28)20-6-4-3-5-7-20/h3-9,14,21H,10-13,15-17H2,1-2H3/t21-/m1/s1. The maximum Gasteiger partial charge on any atom is 0.242 e. The number of likely N-dealkylation sites (tertiary alicyclic amines) is 1. The first-order chi connectivity index (χ1) is 14.0. The van der Waals surface area contributed by atoms with Gasteiger partial charge in [0.05, 0.1) is 6.54 Å². The summed E-state index contributed by atoms with van der Waals surface area (Å²) in [4.78, 5) is 31.2. The van der Waals surface area contributed by atoms with Crippen LogP contribution in [0.3, 0.4) is 0 Å². The quantitative estimate of drug-likeness (QED) is 0.805. The zero-order chi connectivity index (χ0) is 20.4. The Morgan fingerprint density at radius 2 is 1.72 bits per heavy atom. The minimum absolute atomic E-state index is 0.0624. The monoisotopic (exact) mass is 391 g/mol. The topological polar surface area (TPSA) is 43.9 Å². The number of nitrogens with zero attached hydrogens (tertiary/aromatic N) is 3. The minimum atomic E-state index is 0.0624. The van der Waals surface area contributed by atoms with Gasteiger partial charge in [0, 0.05) is 50.7 Å². The fourth-order valence-corrected chi connectivity index (χ4v) is 4.49. The number of anilines is 1. The van der Waals surface area contributed by atoms with Crippen LogP contribution < -0.4 is 4.90 Å². The zero-order valence-electron chi connectivity index (χ0n) is 17.3. The van der Waals surface area contributed by atoms with Gasteiger partial charge in [-0.2, -0.15) is 0 Å². The van der Waals surface area contributed by atoms with Crippen LogP contribution in [0.15, 0.2) is 48.5 Å². The molecule has 1 atom stereocenters. The number of hydrogen-bond acceptors (Lipinski definition) is 3. The van der Waals surface area contributed by atoms with Crippen LogP contribution in [0.5, 0.6) is 0 Å². The summed E-state index contributed by atoms with van der Waals surface area (Å²) in [6.45, 7) is 8.15. The highest BCUT2D eigenvalue weighted by Crippen LogP contribution is 2.28. The summed E-state index contributed by atoms with van der Waals surface area (Å²) in [6, 6.07) is 16.6. The molecule has 0 aromatic heterocycles. The maximum atomic E-state index is 12.8. The van der Waals surface area contributed by atoms with E-state index in [1.165, 1.54) is 22.4 Å². The van der Waals surface area contributed by atoms with E-state index < -0.39 is 0 Å². The molecule has 29 heavy (non-hydrogen) atoms. The first-order valence-electron chi connectivity index (χ1n) is 10.4. The molecule has 2 fully saturated rings. The van der Waals surface area contributed by atoms with Crippen molar-refractivity contribution in [1.29, 1.82) is 0 Å². The van der Waals surface area contributed by atoms with Gasteiger partial charge in [0.1, 0.15) is 0 Å². The van der Waals surface area contributed by atoms with Crippen LogP contribution in [-0.4, -0.2) is 60.9 Å². The Hall–Kier alpha value is -2.82. The number of hydrogen-bond donors (Lipinski definition) is 0. The van der Waals surface area contributed by atoms with Crippen LogP contribution in [0.2, 0.25) is 0 Å². The molecule has 0 spiro atoms. The molecule has 0 aliphatic carbocycles. The van der Waals surface area contributed by atoms with Crippen LogP contribution in [0.1, 0.15) is 29.0 Å². The first-order valence-corrected chi connectivity index (χ1v) is 10.4. The average molecular weight is 392 g/mol. The molecule has 2 amide bonds.